The number of sulfonamides is 1. The summed E-state index contributed by atoms with van der Waals surface area (Å²) in [5.41, 5.74) is 0.0607. The Hall–Kier alpha value is -1.11. The predicted octanol–water partition coefficient (Wildman–Crippen LogP) is 2.28. The largest absolute Gasteiger partial charge is 0.478 e. The Morgan fingerprint density at radius 2 is 2.00 bits per heavy atom. The number of nitrogens with one attached hydrogen (secondary N) is 1. The summed E-state index contributed by atoms with van der Waals surface area (Å²) in [6, 6.07) is 2.49. The van der Waals surface area contributed by atoms with Crippen molar-refractivity contribution >= 4 is 27.6 Å². The van der Waals surface area contributed by atoms with Crippen LogP contribution in [0.5, 0.6) is 0 Å². The van der Waals surface area contributed by atoms with Gasteiger partial charge in [-0.25, -0.2) is 17.9 Å². The van der Waals surface area contributed by atoms with E-state index in [-0.39, 0.29) is 33.5 Å². The van der Waals surface area contributed by atoms with Crippen molar-refractivity contribution in [3.63, 3.8) is 0 Å². The van der Waals surface area contributed by atoms with Gasteiger partial charge in [-0.05, 0) is 30.5 Å². The maximum absolute atomic E-state index is 12.1. The van der Waals surface area contributed by atoms with Gasteiger partial charge in [-0.3, -0.25) is 0 Å². The molecule has 1 aromatic carbocycles. The molecule has 2 N–H and O–H groups in total. The molecule has 0 amide bonds. The average Bonchev–Trinajstić information content (AvgIpc) is 2.28. The van der Waals surface area contributed by atoms with Crippen molar-refractivity contribution in [1.29, 1.82) is 0 Å². The van der Waals surface area contributed by atoms with E-state index in [0.717, 1.165) is 0 Å². The maximum atomic E-state index is 12.1. The van der Waals surface area contributed by atoms with Crippen LogP contribution in [-0.2, 0) is 10.0 Å². The highest BCUT2D eigenvalue weighted by Gasteiger charge is 2.22. The average molecular weight is 306 g/mol. The van der Waals surface area contributed by atoms with Crippen LogP contribution in [0.25, 0.3) is 0 Å². The van der Waals surface area contributed by atoms with Gasteiger partial charge < -0.3 is 5.11 Å². The van der Waals surface area contributed by atoms with E-state index in [4.69, 9.17) is 16.7 Å². The zero-order valence-corrected chi connectivity index (χ0v) is 12.5. The molecule has 0 heterocycles. The molecule has 0 aliphatic rings. The highest BCUT2D eigenvalue weighted by atomic mass is 35.5. The molecule has 0 saturated heterocycles. The van der Waals surface area contributed by atoms with Gasteiger partial charge >= 0.3 is 5.97 Å². The number of carbonyl (C=O) groups is 1. The van der Waals surface area contributed by atoms with Gasteiger partial charge in [0.05, 0.1) is 10.5 Å². The van der Waals surface area contributed by atoms with Gasteiger partial charge in [0.25, 0.3) is 0 Å². The Morgan fingerprint density at radius 3 is 2.47 bits per heavy atom. The highest BCUT2D eigenvalue weighted by Crippen LogP contribution is 2.24. The minimum absolute atomic E-state index is 0.0768. The Balaban J connectivity index is 3.31. The molecule has 0 spiro atoms. The summed E-state index contributed by atoms with van der Waals surface area (Å²) in [5, 5.41) is 9.10. The molecule has 19 heavy (non-hydrogen) atoms. The van der Waals surface area contributed by atoms with E-state index in [1.807, 2.05) is 13.8 Å². The van der Waals surface area contributed by atoms with Crippen molar-refractivity contribution in [2.45, 2.75) is 25.7 Å². The molecule has 0 saturated carbocycles. The fourth-order valence-electron chi connectivity index (χ4n) is 1.51. The van der Waals surface area contributed by atoms with Crippen molar-refractivity contribution in [3.05, 3.63) is 28.3 Å². The van der Waals surface area contributed by atoms with Crippen molar-refractivity contribution in [2.75, 3.05) is 6.54 Å². The Kier molecular flexibility index (Phi) is 4.95. The van der Waals surface area contributed by atoms with Crippen molar-refractivity contribution in [2.24, 2.45) is 5.92 Å². The molecule has 0 fully saturated rings. The fourth-order valence-corrected chi connectivity index (χ4v) is 3.30. The second-order valence-corrected chi connectivity index (χ2v) is 6.80. The number of benzene rings is 1. The molecular weight excluding hydrogens is 290 g/mol. The number of hydrogen-bond donors (Lipinski definition) is 2. The smallest absolute Gasteiger partial charge is 0.336 e. The first-order valence-electron chi connectivity index (χ1n) is 5.68. The van der Waals surface area contributed by atoms with E-state index in [1.165, 1.54) is 19.1 Å². The summed E-state index contributed by atoms with van der Waals surface area (Å²) in [7, 11) is -3.76. The number of aromatic carboxylic acids is 1. The quantitative estimate of drug-likeness (QED) is 0.874. The molecule has 1 aromatic rings. The molecule has 106 valence electrons. The second-order valence-electron chi connectivity index (χ2n) is 4.63. The number of hydrogen-bond acceptors (Lipinski definition) is 3. The monoisotopic (exact) mass is 305 g/mol. The zero-order valence-electron chi connectivity index (χ0n) is 10.9. The first-order chi connectivity index (χ1) is 8.65. The summed E-state index contributed by atoms with van der Waals surface area (Å²) >= 11 is 5.78. The predicted molar refractivity (Wildman–Crippen MR) is 73.2 cm³/mol. The van der Waals surface area contributed by atoms with Crippen LogP contribution in [0.1, 0.15) is 29.8 Å². The van der Waals surface area contributed by atoms with Crippen LogP contribution in [0.4, 0.5) is 0 Å². The fraction of sp³-hybridized carbons (Fsp3) is 0.417. The first kappa shape index (κ1) is 15.9. The lowest BCUT2D eigenvalue weighted by molar-refractivity contribution is 0.0696. The lowest BCUT2D eigenvalue weighted by Crippen LogP contribution is -2.28. The Labute approximate surface area is 117 Å². The number of rotatable bonds is 5. The standard InChI is InChI=1S/C12H16ClNO4S/c1-7(2)6-14-19(17,18)11-5-9(13)4-10(8(11)3)12(15)16/h4-5,7,14H,6H2,1-3H3,(H,15,16). The van der Waals surface area contributed by atoms with Crippen LogP contribution in [0.2, 0.25) is 5.02 Å². The lowest BCUT2D eigenvalue weighted by Gasteiger charge is -2.13. The van der Waals surface area contributed by atoms with E-state index in [1.54, 1.807) is 0 Å². The SMILES string of the molecule is Cc1c(C(=O)O)cc(Cl)cc1S(=O)(=O)NCC(C)C. The van der Waals surface area contributed by atoms with Gasteiger partial charge in [-0.15, -0.1) is 0 Å². The van der Waals surface area contributed by atoms with Crippen LogP contribution in [0.3, 0.4) is 0 Å². The van der Waals surface area contributed by atoms with Gasteiger partial charge in [0.1, 0.15) is 0 Å². The van der Waals surface area contributed by atoms with E-state index in [0.29, 0.717) is 0 Å². The Morgan fingerprint density at radius 1 is 1.42 bits per heavy atom. The molecule has 0 atom stereocenters. The summed E-state index contributed by atoms with van der Waals surface area (Å²) in [6.07, 6.45) is 0. The third-order valence-corrected chi connectivity index (χ3v) is 4.29. The summed E-state index contributed by atoms with van der Waals surface area (Å²) in [5.74, 6) is -1.06. The first-order valence-corrected chi connectivity index (χ1v) is 7.54. The minimum atomic E-state index is -3.76. The van der Waals surface area contributed by atoms with E-state index in [2.05, 4.69) is 4.72 Å². The van der Waals surface area contributed by atoms with Crippen LogP contribution >= 0.6 is 11.6 Å². The molecule has 5 nitrogen and oxygen atoms in total. The third kappa shape index (κ3) is 3.92. The topological polar surface area (TPSA) is 83.5 Å². The molecule has 0 unspecified atom stereocenters. The van der Waals surface area contributed by atoms with E-state index < -0.39 is 16.0 Å². The summed E-state index contributed by atoms with van der Waals surface area (Å²) < 4.78 is 26.7. The van der Waals surface area contributed by atoms with Gasteiger partial charge in [0.2, 0.25) is 10.0 Å². The van der Waals surface area contributed by atoms with Crippen LogP contribution in [-0.4, -0.2) is 26.0 Å². The minimum Gasteiger partial charge on any atom is -0.478 e. The van der Waals surface area contributed by atoms with E-state index in [9.17, 15) is 13.2 Å². The zero-order chi connectivity index (χ0) is 14.8. The van der Waals surface area contributed by atoms with Crippen LogP contribution in [0.15, 0.2) is 17.0 Å². The van der Waals surface area contributed by atoms with Crippen LogP contribution in [0, 0.1) is 12.8 Å². The normalized spacial score (nSPS) is 11.8. The maximum Gasteiger partial charge on any atom is 0.336 e. The van der Waals surface area contributed by atoms with Crippen molar-refractivity contribution < 1.29 is 18.3 Å². The molecular formula is C12H16ClNO4S. The number of halogens is 1. The van der Waals surface area contributed by atoms with Gasteiger partial charge in [-0.2, -0.15) is 0 Å². The number of carboxylic acids is 1. The highest BCUT2D eigenvalue weighted by molar-refractivity contribution is 7.89. The van der Waals surface area contributed by atoms with Crippen molar-refractivity contribution in [1.82, 2.24) is 4.72 Å². The molecule has 0 aliphatic carbocycles. The molecule has 7 heteroatoms. The summed E-state index contributed by atoms with van der Waals surface area (Å²) in [4.78, 5) is 10.9. The van der Waals surface area contributed by atoms with Gasteiger partial charge in [0, 0.05) is 11.6 Å². The van der Waals surface area contributed by atoms with E-state index >= 15 is 0 Å². The summed E-state index contributed by atoms with van der Waals surface area (Å²) in [6.45, 7) is 5.46. The molecule has 0 aliphatic heterocycles. The third-order valence-electron chi connectivity index (χ3n) is 2.53. The molecule has 0 aromatic heterocycles. The second kappa shape index (κ2) is 5.90. The van der Waals surface area contributed by atoms with Crippen LogP contribution < -0.4 is 4.72 Å². The molecule has 0 bridgehead atoms. The molecule has 1 rings (SSSR count). The van der Waals surface area contributed by atoms with Gasteiger partial charge in [0.15, 0.2) is 0 Å². The lowest BCUT2D eigenvalue weighted by atomic mass is 10.1. The van der Waals surface area contributed by atoms with Gasteiger partial charge in [-0.1, -0.05) is 25.4 Å². The van der Waals surface area contributed by atoms with Crippen molar-refractivity contribution in [3.8, 4) is 0 Å². The molecule has 0 radical (unpaired) electrons. The Bertz CT molecular complexity index is 596. The number of carboxylic acid groups (broad SMARTS) is 1.